The molecule has 7 heteroatoms. The molecule has 0 aromatic carbocycles. The van der Waals surface area contributed by atoms with Gasteiger partial charge in [-0.1, -0.05) is 13.8 Å². The first-order valence-corrected chi connectivity index (χ1v) is 5.82. The molecule has 18 heavy (non-hydrogen) atoms. The average Bonchev–Trinajstić information content (AvgIpc) is 2.41. The SMILES string of the molecule is CC(C)C[N+]1(C)CC(C(=O)[O-])N(CC(F)F)C1=O. The molecule has 104 valence electrons. The monoisotopic (exact) mass is 264 g/mol. The standard InChI is InChI=1S/C11H18F2N2O3/c1-7(2)5-15(3)6-8(10(16)17)14(11(15)18)4-9(12)13/h7-9H,4-6H2,1-3H3. The van der Waals surface area contributed by atoms with Crippen LogP contribution in [0.25, 0.3) is 0 Å². The van der Waals surface area contributed by atoms with E-state index in [4.69, 9.17) is 0 Å². The molecule has 0 spiro atoms. The molecule has 0 aliphatic carbocycles. The minimum absolute atomic E-state index is 0.0218. The van der Waals surface area contributed by atoms with Crippen molar-refractivity contribution in [3.8, 4) is 0 Å². The lowest BCUT2D eigenvalue weighted by molar-refractivity contribution is -0.825. The number of quaternary nitrogens is 1. The topological polar surface area (TPSA) is 60.4 Å². The molecule has 0 bridgehead atoms. The summed E-state index contributed by atoms with van der Waals surface area (Å²) in [5, 5.41) is 11.0. The van der Waals surface area contributed by atoms with Gasteiger partial charge in [0.05, 0.1) is 26.1 Å². The van der Waals surface area contributed by atoms with E-state index in [9.17, 15) is 23.5 Å². The van der Waals surface area contributed by atoms with Gasteiger partial charge < -0.3 is 9.90 Å². The van der Waals surface area contributed by atoms with Gasteiger partial charge in [-0.05, 0) is 0 Å². The fourth-order valence-electron chi connectivity index (χ4n) is 2.52. The fourth-order valence-corrected chi connectivity index (χ4v) is 2.52. The van der Waals surface area contributed by atoms with Crippen molar-refractivity contribution in [3.63, 3.8) is 0 Å². The van der Waals surface area contributed by atoms with E-state index >= 15 is 0 Å². The first kappa shape index (κ1) is 14.8. The maximum absolute atomic E-state index is 12.4. The molecule has 0 saturated carbocycles. The Labute approximate surface area is 105 Å². The molecule has 2 amide bonds. The van der Waals surface area contributed by atoms with E-state index in [0.29, 0.717) is 6.54 Å². The van der Waals surface area contributed by atoms with Crippen molar-refractivity contribution in [1.82, 2.24) is 4.90 Å². The Kier molecular flexibility index (Phi) is 4.26. The van der Waals surface area contributed by atoms with Crippen molar-refractivity contribution in [2.75, 3.05) is 26.7 Å². The number of halogens is 2. The molecule has 2 unspecified atom stereocenters. The number of alkyl halides is 2. The van der Waals surface area contributed by atoms with Crippen LogP contribution >= 0.6 is 0 Å². The van der Waals surface area contributed by atoms with Gasteiger partial charge in [0.1, 0.15) is 12.6 Å². The first-order chi connectivity index (χ1) is 8.17. The predicted molar refractivity (Wildman–Crippen MR) is 57.7 cm³/mol. The van der Waals surface area contributed by atoms with Crippen LogP contribution in [0.2, 0.25) is 0 Å². The molecule has 1 heterocycles. The summed E-state index contributed by atoms with van der Waals surface area (Å²) in [4.78, 5) is 23.8. The van der Waals surface area contributed by atoms with E-state index in [-0.39, 0.29) is 16.9 Å². The number of hydrogen-bond donors (Lipinski definition) is 0. The van der Waals surface area contributed by atoms with E-state index in [1.54, 1.807) is 7.05 Å². The third-order valence-corrected chi connectivity index (χ3v) is 3.03. The van der Waals surface area contributed by atoms with Gasteiger partial charge in [-0.2, -0.15) is 0 Å². The number of nitrogens with zero attached hydrogens (tertiary/aromatic N) is 2. The van der Waals surface area contributed by atoms with Gasteiger partial charge in [0, 0.05) is 5.92 Å². The fraction of sp³-hybridized carbons (Fsp3) is 0.818. The Bertz CT molecular complexity index is 349. The summed E-state index contributed by atoms with van der Waals surface area (Å²) in [5.41, 5.74) is 0. The molecule has 5 nitrogen and oxygen atoms in total. The lowest BCUT2D eigenvalue weighted by Gasteiger charge is -2.27. The minimum atomic E-state index is -2.75. The first-order valence-electron chi connectivity index (χ1n) is 5.82. The molecule has 0 radical (unpaired) electrons. The number of rotatable bonds is 5. The third kappa shape index (κ3) is 2.95. The van der Waals surface area contributed by atoms with E-state index in [2.05, 4.69) is 0 Å². The summed E-state index contributed by atoms with van der Waals surface area (Å²) in [6.07, 6.45) is -2.75. The van der Waals surface area contributed by atoms with E-state index in [1.807, 2.05) is 13.8 Å². The zero-order valence-corrected chi connectivity index (χ0v) is 10.7. The number of aliphatic carboxylic acids is 1. The Morgan fingerprint density at radius 3 is 2.50 bits per heavy atom. The number of amides is 2. The average molecular weight is 264 g/mol. The molecular formula is C11H18F2N2O3. The van der Waals surface area contributed by atoms with Gasteiger partial charge in [-0.15, -0.1) is 0 Å². The van der Waals surface area contributed by atoms with Crippen LogP contribution in [0.3, 0.4) is 0 Å². The zero-order valence-electron chi connectivity index (χ0n) is 10.7. The quantitative estimate of drug-likeness (QED) is 0.652. The van der Waals surface area contributed by atoms with Crippen molar-refractivity contribution >= 4 is 12.0 Å². The van der Waals surface area contributed by atoms with Crippen molar-refractivity contribution in [2.24, 2.45) is 5.92 Å². The number of carbonyl (C=O) groups is 2. The van der Waals surface area contributed by atoms with E-state index in [1.165, 1.54) is 0 Å². The Morgan fingerprint density at radius 1 is 1.56 bits per heavy atom. The van der Waals surface area contributed by atoms with E-state index < -0.39 is 31.0 Å². The molecule has 0 N–H and O–H groups in total. The Balaban J connectivity index is 2.95. The van der Waals surface area contributed by atoms with Gasteiger partial charge in [-0.3, -0.25) is 4.90 Å². The molecule has 0 aromatic heterocycles. The minimum Gasteiger partial charge on any atom is -0.548 e. The number of carboxylic acid groups (broad SMARTS) is 1. The molecule has 1 aliphatic heterocycles. The van der Waals surface area contributed by atoms with Crippen LogP contribution in [-0.2, 0) is 4.79 Å². The molecule has 0 aromatic rings. The number of carboxylic acids is 1. The highest BCUT2D eigenvalue weighted by Gasteiger charge is 2.50. The van der Waals surface area contributed by atoms with Gasteiger partial charge in [0.25, 0.3) is 6.43 Å². The maximum Gasteiger partial charge on any atom is 0.420 e. The highest BCUT2D eigenvalue weighted by Crippen LogP contribution is 2.25. The summed E-state index contributed by atoms with van der Waals surface area (Å²) in [5.74, 6) is -1.32. The number of likely N-dealkylation sites (N-methyl/N-ethyl adjacent to an activating group) is 1. The number of carbonyl (C=O) groups excluding carboxylic acids is 2. The second-order valence-electron chi connectivity index (χ2n) is 5.32. The lowest BCUT2D eigenvalue weighted by atomic mass is 10.2. The second-order valence-corrected chi connectivity index (χ2v) is 5.32. The van der Waals surface area contributed by atoms with Crippen LogP contribution in [-0.4, -0.2) is 60.5 Å². The van der Waals surface area contributed by atoms with Gasteiger partial charge in [0.15, 0.2) is 0 Å². The zero-order chi connectivity index (χ0) is 14.1. The number of urea groups is 1. The second kappa shape index (κ2) is 5.17. The largest absolute Gasteiger partial charge is 0.548 e. The lowest BCUT2D eigenvalue weighted by Crippen LogP contribution is -2.50. The van der Waals surface area contributed by atoms with Crippen LogP contribution in [0.15, 0.2) is 0 Å². The van der Waals surface area contributed by atoms with Crippen molar-refractivity contribution in [1.29, 1.82) is 0 Å². The molecule has 1 saturated heterocycles. The van der Waals surface area contributed by atoms with Crippen LogP contribution in [0.5, 0.6) is 0 Å². The van der Waals surface area contributed by atoms with Crippen molar-refractivity contribution in [2.45, 2.75) is 26.3 Å². The summed E-state index contributed by atoms with van der Waals surface area (Å²) in [7, 11) is 1.57. The van der Waals surface area contributed by atoms with Crippen LogP contribution in [0, 0.1) is 5.92 Å². The van der Waals surface area contributed by atoms with Crippen LogP contribution in [0.1, 0.15) is 13.8 Å². The van der Waals surface area contributed by atoms with Gasteiger partial charge in [-0.25, -0.2) is 18.1 Å². The smallest absolute Gasteiger partial charge is 0.420 e. The third-order valence-electron chi connectivity index (χ3n) is 3.03. The maximum atomic E-state index is 12.4. The Morgan fingerprint density at radius 2 is 2.11 bits per heavy atom. The van der Waals surface area contributed by atoms with Crippen LogP contribution in [0.4, 0.5) is 13.6 Å². The molecule has 1 fully saturated rings. The molecule has 1 aliphatic rings. The molecular weight excluding hydrogens is 246 g/mol. The summed E-state index contributed by atoms with van der Waals surface area (Å²) in [6.45, 7) is 3.32. The summed E-state index contributed by atoms with van der Waals surface area (Å²) in [6, 6.07) is -1.84. The predicted octanol–water partition coefficient (Wildman–Crippen LogP) is -0.0918. The van der Waals surface area contributed by atoms with E-state index in [0.717, 1.165) is 4.90 Å². The van der Waals surface area contributed by atoms with Crippen molar-refractivity contribution in [3.05, 3.63) is 0 Å². The molecule has 2 atom stereocenters. The molecule has 1 rings (SSSR count). The Hall–Kier alpha value is -1.24. The number of hydrogen-bond acceptors (Lipinski definition) is 3. The highest BCUT2D eigenvalue weighted by atomic mass is 19.3. The summed E-state index contributed by atoms with van der Waals surface area (Å²) < 4.78 is 24.6. The van der Waals surface area contributed by atoms with Gasteiger partial charge in [0.2, 0.25) is 0 Å². The summed E-state index contributed by atoms with van der Waals surface area (Å²) >= 11 is 0. The van der Waals surface area contributed by atoms with Gasteiger partial charge >= 0.3 is 6.03 Å². The normalized spacial score (nSPS) is 28.5. The van der Waals surface area contributed by atoms with Crippen LogP contribution < -0.4 is 5.11 Å². The van der Waals surface area contributed by atoms with Crippen molar-refractivity contribution < 1.29 is 28.0 Å². The highest BCUT2D eigenvalue weighted by molar-refractivity contribution is 5.81.